The van der Waals surface area contributed by atoms with E-state index in [1.165, 1.54) is 0 Å². The minimum atomic E-state index is -1.09. The van der Waals surface area contributed by atoms with Crippen molar-refractivity contribution in [2.24, 2.45) is 0 Å². The molecule has 0 unspecified atom stereocenters. The number of benzene rings is 1. The van der Waals surface area contributed by atoms with Crippen LogP contribution in [0.3, 0.4) is 0 Å². The normalized spacial score (nSPS) is 11.0. The third kappa shape index (κ3) is 5.21. The number of ether oxygens (including phenoxy) is 1. The number of aliphatic carboxylic acids is 1. The van der Waals surface area contributed by atoms with Crippen LogP contribution in [-0.4, -0.2) is 30.1 Å². The summed E-state index contributed by atoms with van der Waals surface area (Å²) in [5.74, 6) is -0.932. The number of carboxylic acid groups (broad SMARTS) is 1. The van der Waals surface area contributed by atoms with Crippen LogP contribution >= 0.6 is 15.9 Å². The molecule has 0 aliphatic heterocycles. The Balaban J connectivity index is 2.73. The first-order valence-corrected chi connectivity index (χ1v) is 6.91. The summed E-state index contributed by atoms with van der Waals surface area (Å²) in [4.78, 5) is 21.8. The molecular formula is C14H18BrNO4. The van der Waals surface area contributed by atoms with Crippen molar-refractivity contribution in [2.75, 3.05) is 13.2 Å². The summed E-state index contributed by atoms with van der Waals surface area (Å²) in [7, 11) is 0. The standard InChI is InChI=1S/C14H18BrNO4/c1-14(2,3)10-6-9(15)4-5-11(10)20-8-12(17)16-7-13(18)19/h4-6H,7-8H2,1-3H3,(H,16,17)(H,18,19). The molecule has 0 aromatic heterocycles. The summed E-state index contributed by atoms with van der Waals surface area (Å²) in [5.41, 5.74) is 0.842. The van der Waals surface area contributed by atoms with E-state index in [0.717, 1.165) is 10.0 Å². The van der Waals surface area contributed by atoms with Gasteiger partial charge in [0.05, 0.1) is 0 Å². The van der Waals surface area contributed by atoms with Crippen LogP contribution < -0.4 is 10.1 Å². The van der Waals surface area contributed by atoms with Gasteiger partial charge in [0.25, 0.3) is 5.91 Å². The fourth-order valence-corrected chi connectivity index (χ4v) is 1.94. The molecule has 0 heterocycles. The molecule has 20 heavy (non-hydrogen) atoms. The van der Waals surface area contributed by atoms with Gasteiger partial charge in [-0.05, 0) is 23.6 Å². The molecule has 0 bridgehead atoms. The van der Waals surface area contributed by atoms with Crippen LogP contribution in [0.25, 0.3) is 0 Å². The average Bonchev–Trinajstić information content (AvgIpc) is 2.33. The lowest BCUT2D eigenvalue weighted by atomic mass is 9.86. The van der Waals surface area contributed by atoms with E-state index in [1.54, 1.807) is 6.07 Å². The molecule has 110 valence electrons. The second-order valence-corrected chi connectivity index (χ2v) is 6.27. The van der Waals surface area contributed by atoms with Gasteiger partial charge in [-0.3, -0.25) is 9.59 Å². The third-order valence-electron chi connectivity index (χ3n) is 2.55. The van der Waals surface area contributed by atoms with E-state index in [1.807, 2.05) is 32.9 Å². The lowest BCUT2D eigenvalue weighted by molar-refractivity contribution is -0.138. The molecule has 1 aromatic carbocycles. The van der Waals surface area contributed by atoms with Crippen molar-refractivity contribution in [3.63, 3.8) is 0 Å². The molecule has 1 aromatic rings. The number of carbonyl (C=O) groups is 2. The Hall–Kier alpha value is -1.56. The van der Waals surface area contributed by atoms with E-state index < -0.39 is 18.4 Å². The monoisotopic (exact) mass is 343 g/mol. The van der Waals surface area contributed by atoms with Gasteiger partial charge in [-0.15, -0.1) is 0 Å². The Morgan fingerprint density at radius 1 is 1.35 bits per heavy atom. The van der Waals surface area contributed by atoms with Gasteiger partial charge in [-0.2, -0.15) is 0 Å². The molecule has 0 fully saturated rings. The highest BCUT2D eigenvalue weighted by molar-refractivity contribution is 9.10. The van der Waals surface area contributed by atoms with Gasteiger partial charge in [0.15, 0.2) is 6.61 Å². The number of rotatable bonds is 5. The van der Waals surface area contributed by atoms with Crippen LogP contribution in [0, 0.1) is 0 Å². The minimum Gasteiger partial charge on any atom is -0.483 e. The summed E-state index contributed by atoms with van der Waals surface area (Å²) in [6, 6.07) is 5.57. The van der Waals surface area contributed by atoms with Gasteiger partial charge in [-0.1, -0.05) is 36.7 Å². The maximum absolute atomic E-state index is 11.4. The number of halogens is 1. The molecule has 0 radical (unpaired) electrons. The topological polar surface area (TPSA) is 75.6 Å². The zero-order valence-corrected chi connectivity index (χ0v) is 13.3. The molecule has 0 aliphatic rings. The van der Waals surface area contributed by atoms with Crippen LogP contribution in [0.4, 0.5) is 0 Å². The molecule has 0 aliphatic carbocycles. The van der Waals surface area contributed by atoms with Crippen molar-refractivity contribution >= 4 is 27.8 Å². The largest absolute Gasteiger partial charge is 0.483 e. The van der Waals surface area contributed by atoms with Crippen LogP contribution in [-0.2, 0) is 15.0 Å². The molecule has 2 N–H and O–H groups in total. The third-order valence-corrected chi connectivity index (χ3v) is 3.04. The van der Waals surface area contributed by atoms with Crippen molar-refractivity contribution in [1.29, 1.82) is 0 Å². The smallest absolute Gasteiger partial charge is 0.322 e. The molecule has 6 heteroatoms. The predicted octanol–water partition coefficient (Wildman–Crippen LogP) is 2.33. The van der Waals surface area contributed by atoms with Crippen molar-refractivity contribution < 1.29 is 19.4 Å². The summed E-state index contributed by atoms with van der Waals surface area (Å²) >= 11 is 3.41. The van der Waals surface area contributed by atoms with Crippen molar-refractivity contribution in [1.82, 2.24) is 5.32 Å². The molecule has 0 spiro atoms. The minimum absolute atomic E-state index is 0.128. The van der Waals surface area contributed by atoms with Gasteiger partial charge in [0.1, 0.15) is 12.3 Å². The zero-order valence-electron chi connectivity index (χ0n) is 11.7. The van der Waals surface area contributed by atoms with Crippen molar-refractivity contribution in [2.45, 2.75) is 26.2 Å². The first-order chi connectivity index (χ1) is 9.20. The van der Waals surface area contributed by atoms with Gasteiger partial charge < -0.3 is 15.2 Å². The number of carbonyl (C=O) groups excluding carboxylic acids is 1. The molecule has 1 rings (SSSR count). The van der Waals surface area contributed by atoms with Gasteiger partial charge in [0.2, 0.25) is 0 Å². The number of hydrogen-bond donors (Lipinski definition) is 2. The van der Waals surface area contributed by atoms with Gasteiger partial charge in [0, 0.05) is 10.0 Å². The van der Waals surface area contributed by atoms with Crippen molar-refractivity contribution in [3.8, 4) is 5.75 Å². The van der Waals surface area contributed by atoms with E-state index in [4.69, 9.17) is 9.84 Å². The van der Waals surface area contributed by atoms with Gasteiger partial charge in [-0.25, -0.2) is 0 Å². The van der Waals surface area contributed by atoms with Crippen LogP contribution in [0.5, 0.6) is 5.75 Å². The van der Waals surface area contributed by atoms with E-state index >= 15 is 0 Å². The summed E-state index contributed by atoms with van der Waals surface area (Å²) in [6.45, 7) is 5.52. The fourth-order valence-electron chi connectivity index (χ4n) is 1.58. The fraction of sp³-hybridized carbons (Fsp3) is 0.429. The van der Waals surface area contributed by atoms with E-state index in [-0.39, 0.29) is 12.0 Å². The molecular weight excluding hydrogens is 326 g/mol. The lowest BCUT2D eigenvalue weighted by Gasteiger charge is -2.23. The highest BCUT2D eigenvalue weighted by Crippen LogP contribution is 2.33. The Labute approximate surface area is 126 Å². The highest BCUT2D eigenvalue weighted by Gasteiger charge is 2.20. The highest BCUT2D eigenvalue weighted by atomic mass is 79.9. The van der Waals surface area contributed by atoms with Crippen LogP contribution in [0.1, 0.15) is 26.3 Å². The van der Waals surface area contributed by atoms with Crippen molar-refractivity contribution in [3.05, 3.63) is 28.2 Å². The Bertz CT molecular complexity index is 508. The van der Waals surface area contributed by atoms with E-state index in [2.05, 4.69) is 21.2 Å². The summed E-state index contributed by atoms with van der Waals surface area (Å²) in [5, 5.41) is 10.7. The quantitative estimate of drug-likeness (QED) is 0.860. The Morgan fingerprint density at radius 2 is 2.00 bits per heavy atom. The summed E-state index contributed by atoms with van der Waals surface area (Å²) in [6.07, 6.45) is 0. The maximum atomic E-state index is 11.4. The lowest BCUT2D eigenvalue weighted by Crippen LogP contribution is -2.33. The zero-order chi connectivity index (χ0) is 15.3. The predicted molar refractivity (Wildman–Crippen MR) is 79.0 cm³/mol. The maximum Gasteiger partial charge on any atom is 0.322 e. The first-order valence-electron chi connectivity index (χ1n) is 6.11. The van der Waals surface area contributed by atoms with Crippen LogP contribution in [0.15, 0.2) is 22.7 Å². The molecule has 1 amide bonds. The van der Waals surface area contributed by atoms with Crippen LogP contribution in [0.2, 0.25) is 0 Å². The van der Waals surface area contributed by atoms with Gasteiger partial charge >= 0.3 is 5.97 Å². The average molecular weight is 344 g/mol. The number of carboxylic acids is 1. The molecule has 5 nitrogen and oxygen atoms in total. The molecule has 0 saturated carbocycles. The second kappa shape index (κ2) is 6.74. The van der Waals surface area contributed by atoms with E-state index in [0.29, 0.717) is 5.75 Å². The number of amides is 1. The Morgan fingerprint density at radius 3 is 2.55 bits per heavy atom. The molecule has 0 saturated heterocycles. The molecule has 0 atom stereocenters. The second-order valence-electron chi connectivity index (χ2n) is 5.35. The summed E-state index contributed by atoms with van der Waals surface area (Å²) < 4.78 is 6.42. The SMILES string of the molecule is CC(C)(C)c1cc(Br)ccc1OCC(=O)NCC(=O)O. The number of hydrogen-bond acceptors (Lipinski definition) is 3. The number of nitrogens with one attached hydrogen (secondary N) is 1. The first kappa shape index (κ1) is 16.5. The van der Waals surface area contributed by atoms with E-state index in [9.17, 15) is 9.59 Å². The Kier molecular flexibility index (Phi) is 5.56.